The van der Waals surface area contributed by atoms with Crippen LogP contribution in [0.1, 0.15) is 39.0 Å². The Morgan fingerprint density at radius 3 is 2.50 bits per heavy atom. The summed E-state index contributed by atoms with van der Waals surface area (Å²) in [7, 11) is 0. The molecule has 2 nitrogen and oxygen atoms in total. The van der Waals surface area contributed by atoms with E-state index in [4.69, 9.17) is 4.74 Å². The standard InChI is InChI=1S/C10H19NO/c1-2-5-12-10-6-8-3-4-9(7-10)11-8/h8-11H,2-7H2,1H3. The Balaban J connectivity index is 1.78. The molecule has 1 N–H and O–H groups in total. The minimum absolute atomic E-state index is 0.559. The molecule has 2 rings (SSSR count). The fourth-order valence-electron chi connectivity index (χ4n) is 2.43. The molecule has 12 heavy (non-hydrogen) atoms. The van der Waals surface area contributed by atoms with E-state index in [1.807, 2.05) is 0 Å². The van der Waals surface area contributed by atoms with Crippen molar-refractivity contribution in [3.63, 3.8) is 0 Å². The lowest BCUT2D eigenvalue weighted by Crippen LogP contribution is -2.41. The molecule has 2 heterocycles. The molecule has 0 aromatic heterocycles. The summed E-state index contributed by atoms with van der Waals surface area (Å²) in [4.78, 5) is 0. The summed E-state index contributed by atoms with van der Waals surface area (Å²) >= 11 is 0. The van der Waals surface area contributed by atoms with Gasteiger partial charge in [-0.1, -0.05) is 6.92 Å². The Bertz CT molecular complexity index is 137. The predicted octanol–water partition coefficient (Wildman–Crippen LogP) is 1.70. The maximum Gasteiger partial charge on any atom is 0.0604 e. The number of rotatable bonds is 3. The zero-order valence-corrected chi connectivity index (χ0v) is 7.88. The van der Waals surface area contributed by atoms with Gasteiger partial charge in [0.05, 0.1) is 6.10 Å². The molecule has 2 saturated heterocycles. The monoisotopic (exact) mass is 169 g/mol. The molecule has 0 aromatic rings. The molecule has 0 spiro atoms. The van der Waals surface area contributed by atoms with Crippen LogP contribution >= 0.6 is 0 Å². The average Bonchev–Trinajstić information content (AvgIpc) is 2.42. The van der Waals surface area contributed by atoms with E-state index in [-0.39, 0.29) is 0 Å². The van der Waals surface area contributed by atoms with Crippen LogP contribution in [0.4, 0.5) is 0 Å². The molecule has 70 valence electrons. The molecule has 2 unspecified atom stereocenters. The normalized spacial score (nSPS) is 40.2. The number of nitrogens with one attached hydrogen (secondary N) is 1. The topological polar surface area (TPSA) is 21.3 Å². The minimum atomic E-state index is 0.559. The summed E-state index contributed by atoms with van der Waals surface area (Å²) in [5.74, 6) is 0. The molecule has 2 aliphatic rings. The van der Waals surface area contributed by atoms with E-state index in [0.717, 1.165) is 25.1 Å². The van der Waals surface area contributed by atoms with Gasteiger partial charge in [-0.3, -0.25) is 0 Å². The van der Waals surface area contributed by atoms with Gasteiger partial charge in [0.25, 0.3) is 0 Å². The Hall–Kier alpha value is -0.0800. The predicted molar refractivity (Wildman–Crippen MR) is 49.2 cm³/mol. The van der Waals surface area contributed by atoms with Crippen molar-refractivity contribution in [2.45, 2.75) is 57.2 Å². The molecule has 2 aliphatic heterocycles. The highest BCUT2D eigenvalue weighted by atomic mass is 16.5. The van der Waals surface area contributed by atoms with E-state index in [1.165, 1.54) is 25.7 Å². The summed E-state index contributed by atoms with van der Waals surface area (Å²) in [6.07, 6.45) is 6.95. The van der Waals surface area contributed by atoms with Gasteiger partial charge in [0.2, 0.25) is 0 Å². The van der Waals surface area contributed by atoms with Crippen LogP contribution in [0, 0.1) is 0 Å². The van der Waals surface area contributed by atoms with Gasteiger partial charge in [-0.15, -0.1) is 0 Å². The molecule has 0 amide bonds. The van der Waals surface area contributed by atoms with Crippen LogP contribution in [-0.2, 0) is 4.74 Å². The summed E-state index contributed by atoms with van der Waals surface area (Å²) < 4.78 is 5.77. The summed E-state index contributed by atoms with van der Waals surface area (Å²) in [6, 6.07) is 1.54. The second-order valence-corrected chi connectivity index (χ2v) is 4.10. The van der Waals surface area contributed by atoms with Crippen molar-refractivity contribution in [3.05, 3.63) is 0 Å². The van der Waals surface area contributed by atoms with Gasteiger partial charge in [-0.25, -0.2) is 0 Å². The lowest BCUT2D eigenvalue weighted by Gasteiger charge is -2.28. The first-order valence-corrected chi connectivity index (χ1v) is 5.26. The minimum Gasteiger partial charge on any atom is -0.378 e. The molecule has 0 radical (unpaired) electrons. The summed E-state index contributed by atoms with van der Waals surface area (Å²) in [5.41, 5.74) is 0. The zero-order chi connectivity index (χ0) is 8.39. The Labute approximate surface area is 74.7 Å². The Kier molecular flexibility index (Phi) is 2.66. The van der Waals surface area contributed by atoms with Gasteiger partial charge >= 0.3 is 0 Å². The first kappa shape index (κ1) is 8.52. The van der Waals surface area contributed by atoms with E-state index in [1.54, 1.807) is 0 Å². The van der Waals surface area contributed by atoms with E-state index < -0.39 is 0 Å². The second-order valence-electron chi connectivity index (χ2n) is 4.10. The van der Waals surface area contributed by atoms with Gasteiger partial charge in [-0.2, -0.15) is 0 Å². The first-order valence-electron chi connectivity index (χ1n) is 5.26. The van der Waals surface area contributed by atoms with Crippen molar-refractivity contribution in [2.24, 2.45) is 0 Å². The maximum atomic E-state index is 5.77. The van der Waals surface area contributed by atoms with Crippen molar-refractivity contribution in [3.8, 4) is 0 Å². The van der Waals surface area contributed by atoms with Gasteiger partial charge < -0.3 is 10.1 Å². The molecule has 0 saturated carbocycles. The number of hydrogen-bond acceptors (Lipinski definition) is 2. The van der Waals surface area contributed by atoms with Gasteiger partial charge in [0.1, 0.15) is 0 Å². The number of fused-ring (bicyclic) bond motifs is 2. The lowest BCUT2D eigenvalue weighted by atomic mass is 10.0. The molecule has 2 fully saturated rings. The fraction of sp³-hybridized carbons (Fsp3) is 1.00. The SMILES string of the molecule is CCCOC1CC2CCC(C1)N2. The highest BCUT2D eigenvalue weighted by molar-refractivity contribution is 4.92. The highest BCUT2D eigenvalue weighted by Gasteiger charge is 2.33. The van der Waals surface area contributed by atoms with Crippen molar-refractivity contribution in [1.82, 2.24) is 5.32 Å². The lowest BCUT2D eigenvalue weighted by molar-refractivity contribution is 0.0207. The van der Waals surface area contributed by atoms with Crippen LogP contribution in [-0.4, -0.2) is 24.8 Å². The molecule has 0 aromatic carbocycles. The largest absolute Gasteiger partial charge is 0.378 e. The molecule has 2 atom stereocenters. The third-order valence-corrected chi connectivity index (χ3v) is 2.99. The van der Waals surface area contributed by atoms with Gasteiger partial charge in [0.15, 0.2) is 0 Å². The van der Waals surface area contributed by atoms with Crippen LogP contribution in [0.3, 0.4) is 0 Å². The summed E-state index contributed by atoms with van der Waals surface area (Å²) in [6.45, 7) is 3.12. The Morgan fingerprint density at radius 2 is 1.92 bits per heavy atom. The van der Waals surface area contributed by atoms with Crippen LogP contribution in [0.25, 0.3) is 0 Å². The maximum absolute atomic E-state index is 5.77. The molecular weight excluding hydrogens is 150 g/mol. The number of piperidine rings is 1. The van der Waals surface area contributed by atoms with Crippen LogP contribution < -0.4 is 5.32 Å². The second kappa shape index (κ2) is 3.75. The van der Waals surface area contributed by atoms with Crippen LogP contribution in [0.15, 0.2) is 0 Å². The van der Waals surface area contributed by atoms with Crippen molar-refractivity contribution in [1.29, 1.82) is 0 Å². The van der Waals surface area contributed by atoms with E-state index in [0.29, 0.717) is 6.10 Å². The first-order chi connectivity index (χ1) is 5.88. The highest BCUT2D eigenvalue weighted by Crippen LogP contribution is 2.28. The van der Waals surface area contributed by atoms with Crippen molar-refractivity contribution >= 4 is 0 Å². The Morgan fingerprint density at radius 1 is 1.25 bits per heavy atom. The number of ether oxygens (including phenoxy) is 1. The van der Waals surface area contributed by atoms with E-state index in [2.05, 4.69) is 12.2 Å². The smallest absolute Gasteiger partial charge is 0.0604 e. The van der Waals surface area contributed by atoms with Gasteiger partial charge in [-0.05, 0) is 32.1 Å². The third kappa shape index (κ3) is 1.80. The zero-order valence-electron chi connectivity index (χ0n) is 7.88. The molecule has 0 aliphatic carbocycles. The molecular formula is C10H19NO. The van der Waals surface area contributed by atoms with Crippen LogP contribution in [0.2, 0.25) is 0 Å². The molecule has 2 heteroatoms. The van der Waals surface area contributed by atoms with E-state index in [9.17, 15) is 0 Å². The molecule has 2 bridgehead atoms. The fourth-order valence-corrected chi connectivity index (χ4v) is 2.43. The van der Waals surface area contributed by atoms with Gasteiger partial charge in [0, 0.05) is 18.7 Å². The third-order valence-electron chi connectivity index (χ3n) is 2.99. The van der Waals surface area contributed by atoms with Crippen molar-refractivity contribution < 1.29 is 4.74 Å². The quantitative estimate of drug-likeness (QED) is 0.694. The summed E-state index contributed by atoms with van der Waals surface area (Å²) in [5, 5.41) is 3.62. The average molecular weight is 169 g/mol. The van der Waals surface area contributed by atoms with Crippen LogP contribution in [0.5, 0.6) is 0 Å². The van der Waals surface area contributed by atoms with Crippen molar-refractivity contribution in [2.75, 3.05) is 6.61 Å². The number of hydrogen-bond donors (Lipinski definition) is 1. The van der Waals surface area contributed by atoms with E-state index >= 15 is 0 Å².